The van der Waals surface area contributed by atoms with E-state index in [1.807, 2.05) is 39.8 Å². The third kappa shape index (κ3) is 2.97. The van der Waals surface area contributed by atoms with E-state index >= 15 is 0 Å². The van der Waals surface area contributed by atoms with Gasteiger partial charge in [-0.2, -0.15) is 0 Å². The Morgan fingerprint density at radius 1 is 1.09 bits per heavy atom. The molecule has 1 aliphatic heterocycles. The molecular formula is C17H24BClO3. The van der Waals surface area contributed by atoms with Crippen molar-refractivity contribution in [2.45, 2.75) is 65.1 Å². The van der Waals surface area contributed by atoms with Crippen molar-refractivity contribution in [1.29, 1.82) is 0 Å². The maximum atomic E-state index is 11.4. The summed E-state index contributed by atoms with van der Waals surface area (Å²) < 4.78 is 12.2. The number of hydrogen-bond acceptors (Lipinski definition) is 3. The largest absolute Gasteiger partial charge is 0.496 e. The molecule has 0 aliphatic carbocycles. The monoisotopic (exact) mass is 322 g/mol. The zero-order valence-corrected chi connectivity index (χ0v) is 15.2. The van der Waals surface area contributed by atoms with Crippen LogP contribution in [0.5, 0.6) is 0 Å². The predicted octanol–water partition coefficient (Wildman–Crippen LogP) is 3.75. The molecule has 0 unspecified atom stereocenters. The quantitative estimate of drug-likeness (QED) is 0.614. The molecule has 0 radical (unpaired) electrons. The van der Waals surface area contributed by atoms with Gasteiger partial charge in [0.2, 0.25) is 0 Å². The molecular weight excluding hydrogens is 298 g/mol. The van der Waals surface area contributed by atoms with Crippen LogP contribution in [0.15, 0.2) is 12.1 Å². The molecule has 0 atom stereocenters. The standard InChI is InChI=1S/C17H24BClO3/c1-15(2,3)12-8-11(10-20)14(19)13(9-12)18-21-16(4,5)17(6,7)22-18/h8-10H,1-7H3. The molecule has 1 fully saturated rings. The van der Waals surface area contributed by atoms with Crippen LogP contribution in [-0.4, -0.2) is 24.6 Å². The van der Waals surface area contributed by atoms with Gasteiger partial charge >= 0.3 is 7.12 Å². The first kappa shape index (κ1) is 17.5. The van der Waals surface area contributed by atoms with Gasteiger partial charge in [-0.15, -0.1) is 0 Å². The van der Waals surface area contributed by atoms with E-state index in [1.165, 1.54) is 0 Å². The average Bonchev–Trinajstić information content (AvgIpc) is 2.57. The summed E-state index contributed by atoms with van der Waals surface area (Å²) in [7, 11) is -0.571. The van der Waals surface area contributed by atoms with Crippen LogP contribution in [0, 0.1) is 0 Å². The summed E-state index contributed by atoms with van der Waals surface area (Å²) in [4.78, 5) is 11.4. The molecule has 1 heterocycles. The van der Waals surface area contributed by atoms with Crippen LogP contribution in [-0.2, 0) is 14.7 Å². The van der Waals surface area contributed by atoms with Gasteiger partial charge in [-0.1, -0.05) is 38.4 Å². The molecule has 5 heteroatoms. The van der Waals surface area contributed by atoms with Crippen molar-refractivity contribution in [1.82, 2.24) is 0 Å². The zero-order valence-electron chi connectivity index (χ0n) is 14.4. The van der Waals surface area contributed by atoms with Crippen molar-refractivity contribution < 1.29 is 14.1 Å². The fourth-order valence-corrected chi connectivity index (χ4v) is 2.57. The van der Waals surface area contributed by atoms with Gasteiger partial charge in [0.15, 0.2) is 6.29 Å². The first-order chi connectivity index (χ1) is 9.89. The highest BCUT2D eigenvalue weighted by Crippen LogP contribution is 2.37. The van der Waals surface area contributed by atoms with Gasteiger partial charge in [0.1, 0.15) is 0 Å². The van der Waals surface area contributed by atoms with Crippen LogP contribution in [0.1, 0.15) is 64.4 Å². The Hall–Kier alpha value is -0.835. The Morgan fingerprint density at radius 3 is 2.00 bits per heavy atom. The highest BCUT2D eigenvalue weighted by molar-refractivity contribution is 6.66. The SMILES string of the molecule is CC(C)(C)c1cc(C=O)c(Cl)c(B2OC(C)(C)C(C)(C)O2)c1. The maximum Gasteiger partial charge on any atom is 0.496 e. The molecule has 0 N–H and O–H groups in total. The van der Waals surface area contributed by atoms with Crippen molar-refractivity contribution in [3.8, 4) is 0 Å². The minimum absolute atomic E-state index is 0.0965. The highest BCUT2D eigenvalue weighted by atomic mass is 35.5. The summed E-state index contributed by atoms with van der Waals surface area (Å²) in [5, 5.41) is 0.404. The molecule has 3 nitrogen and oxygen atoms in total. The lowest BCUT2D eigenvalue weighted by Crippen LogP contribution is -2.41. The van der Waals surface area contributed by atoms with E-state index in [4.69, 9.17) is 20.9 Å². The summed E-state index contributed by atoms with van der Waals surface area (Å²) >= 11 is 6.41. The minimum atomic E-state index is -0.571. The van der Waals surface area contributed by atoms with Gasteiger partial charge in [0, 0.05) is 11.0 Å². The van der Waals surface area contributed by atoms with Crippen molar-refractivity contribution >= 4 is 30.5 Å². The fourth-order valence-electron chi connectivity index (χ4n) is 2.33. The van der Waals surface area contributed by atoms with E-state index in [-0.39, 0.29) is 5.41 Å². The Morgan fingerprint density at radius 2 is 1.59 bits per heavy atom. The first-order valence-corrected chi connectivity index (χ1v) is 7.91. The average molecular weight is 323 g/mol. The molecule has 1 aliphatic rings. The summed E-state index contributed by atoms with van der Waals surface area (Å²) in [5.74, 6) is 0. The third-order valence-electron chi connectivity index (χ3n) is 4.63. The number of halogens is 1. The minimum Gasteiger partial charge on any atom is -0.399 e. The fraction of sp³-hybridized carbons (Fsp3) is 0.588. The molecule has 1 aromatic carbocycles. The zero-order chi connectivity index (χ0) is 16.9. The van der Waals surface area contributed by atoms with E-state index in [0.29, 0.717) is 10.6 Å². The van der Waals surface area contributed by atoms with Gasteiger partial charge < -0.3 is 9.31 Å². The second-order valence-electron chi connectivity index (χ2n) is 7.92. The van der Waals surface area contributed by atoms with Crippen LogP contribution < -0.4 is 5.46 Å². The van der Waals surface area contributed by atoms with Crippen LogP contribution in [0.25, 0.3) is 0 Å². The summed E-state index contributed by atoms with van der Waals surface area (Å²) in [6.45, 7) is 14.3. The van der Waals surface area contributed by atoms with Crippen molar-refractivity contribution in [2.75, 3.05) is 0 Å². The molecule has 1 aromatic rings. The van der Waals surface area contributed by atoms with Gasteiger partial charge in [-0.05, 0) is 44.7 Å². The van der Waals surface area contributed by atoms with Crippen LogP contribution in [0.2, 0.25) is 5.02 Å². The Balaban J connectivity index is 2.54. The number of rotatable bonds is 2. The second-order valence-corrected chi connectivity index (χ2v) is 8.30. The normalized spacial score (nSPS) is 20.3. The molecule has 0 bridgehead atoms. The third-order valence-corrected chi connectivity index (χ3v) is 5.07. The first-order valence-electron chi connectivity index (χ1n) is 7.54. The Bertz CT molecular complexity index is 587. The second kappa shape index (κ2) is 5.36. The van der Waals surface area contributed by atoms with Gasteiger partial charge in [0.05, 0.1) is 16.2 Å². The Kier molecular flexibility index (Phi) is 4.27. The van der Waals surface area contributed by atoms with Crippen LogP contribution in [0.4, 0.5) is 0 Å². The number of carbonyl (C=O) groups excluding carboxylic acids is 1. The van der Waals surface area contributed by atoms with Crippen LogP contribution >= 0.6 is 11.6 Å². The predicted molar refractivity (Wildman–Crippen MR) is 91.3 cm³/mol. The number of aldehydes is 1. The van der Waals surface area contributed by atoms with Crippen molar-refractivity contribution in [3.63, 3.8) is 0 Å². The molecule has 0 spiro atoms. The number of hydrogen-bond donors (Lipinski definition) is 0. The molecule has 0 aromatic heterocycles. The summed E-state index contributed by atoms with van der Waals surface area (Å²) in [5.41, 5.74) is 1.23. The number of carbonyl (C=O) groups is 1. The van der Waals surface area contributed by atoms with Crippen molar-refractivity contribution in [2.24, 2.45) is 0 Å². The van der Waals surface area contributed by atoms with E-state index in [9.17, 15) is 4.79 Å². The van der Waals surface area contributed by atoms with Gasteiger partial charge in [0.25, 0.3) is 0 Å². The molecule has 2 rings (SSSR count). The van der Waals surface area contributed by atoms with E-state index < -0.39 is 18.3 Å². The highest BCUT2D eigenvalue weighted by Gasteiger charge is 2.52. The summed E-state index contributed by atoms with van der Waals surface area (Å²) in [6.07, 6.45) is 0.784. The molecule has 22 heavy (non-hydrogen) atoms. The molecule has 0 saturated carbocycles. The molecule has 0 amide bonds. The molecule has 120 valence electrons. The van der Waals surface area contributed by atoms with Gasteiger partial charge in [-0.3, -0.25) is 4.79 Å². The van der Waals surface area contributed by atoms with E-state index in [0.717, 1.165) is 17.3 Å². The lowest BCUT2D eigenvalue weighted by atomic mass is 9.74. The molecule has 1 saturated heterocycles. The summed E-state index contributed by atoms with van der Waals surface area (Å²) in [6, 6.07) is 3.82. The van der Waals surface area contributed by atoms with E-state index in [2.05, 4.69) is 20.8 Å². The van der Waals surface area contributed by atoms with E-state index in [1.54, 1.807) is 0 Å². The lowest BCUT2D eigenvalue weighted by molar-refractivity contribution is 0.00578. The maximum absolute atomic E-state index is 11.4. The topological polar surface area (TPSA) is 35.5 Å². The number of benzene rings is 1. The lowest BCUT2D eigenvalue weighted by Gasteiger charge is -2.32. The van der Waals surface area contributed by atoms with Gasteiger partial charge in [-0.25, -0.2) is 0 Å². The van der Waals surface area contributed by atoms with Crippen molar-refractivity contribution in [3.05, 3.63) is 28.3 Å². The van der Waals surface area contributed by atoms with Crippen LogP contribution in [0.3, 0.4) is 0 Å². The smallest absolute Gasteiger partial charge is 0.399 e. The Labute approximate surface area is 138 Å².